The van der Waals surface area contributed by atoms with E-state index < -0.39 is 5.54 Å². The Hall–Kier alpha value is -1.01. The summed E-state index contributed by atoms with van der Waals surface area (Å²) in [7, 11) is 0. The van der Waals surface area contributed by atoms with Gasteiger partial charge in [-0.25, -0.2) is 0 Å². The van der Waals surface area contributed by atoms with E-state index in [4.69, 9.17) is 0 Å². The van der Waals surface area contributed by atoms with Crippen molar-refractivity contribution < 1.29 is 0 Å². The summed E-state index contributed by atoms with van der Waals surface area (Å²) in [4.78, 5) is 0. The Morgan fingerprint density at radius 1 is 1.17 bits per heavy atom. The molecule has 1 fully saturated rings. The molecule has 0 atom stereocenters. The van der Waals surface area contributed by atoms with Gasteiger partial charge in [-0.05, 0) is 59.2 Å². The fraction of sp³-hybridized carbons (Fsp3) is 0.533. The highest BCUT2D eigenvalue weighted by atomic mass is 79.9. The number of hydrogen-bond acceptors (Lipinski definition) is 2. The van der Waals surface area contributed by atoms with Crippen molar-refractivity contribution in [2.75, 3.05) is 5.32 Å². The van der Waals surface area contributed by atoms with E-state index in [9.17, 15) is 5.26 Å². The molecule has 2 nitrogen and oxygen atoms in total. The van der Waals surface area contributed by atoms with Gasteiger partial charge in [-0.1, -0.05) is 26.0 Å². The van der Waals surface area contributed by atoms with E-state index in [1.165, 1.54) is 0 Å². The van der Waals surface area contributed by atoms with Crippen molar-refractivity contribution in [2.45, 2.75) is 45.1 Å². The summed E-state index contributed by atoms with van der Waals surface area (Å²) < 4.78 is 1.02. The molecule has 1 N–H and O–H groups in total. The highest BCUT2D eigenvalue weighted by Gasteiger charge is 2.38. The first kappa shape index (κ1) is 13.4. The zero-order valence-electron chi connectivity index (χ0n) is 11.0. The third kappa shape index (κ3) is 2.87. The number of halogens is 1. The Bertz CT molecular complexity index is 464. The van der Waals surface area contributed by atoms with Crippen molar-refractivity contribution in [3.8, 4) is 6.07 Å². The van der Waals surface area contributed by atoms with Crippen LogP contribution in [-0.2, 0) is 0 Å². The van der Waals surface area contributed by atoms with E-state index in [0.29, 0.717) is 5.41 Å². The van der Waals surface area contributed by atoms with Gasteiger partial charge in [0, 0.05) is 10.2 Å². The molecule has 18 heavy (non-hydrogen) atoms. The van der Waals surface area contributed by atoms with Crippen molar-refractivity contribution >= 4 is 21.6 Å². The summed E-state index contributed by atoms with van der Waals surface area (Å²) in [6.07, 6.45) is 4.02. The summed E-state index contributed by atoms with van der Waals surface area (Å²) in [6.45, 7) is 4.57. The van der Waals surface area contributed by atoms with Crippen molar-refractivity contribution in [2.24, 2.45) is 5.41 Å². The molecule has 0 radical (unpaired) electrons. The Morgan fingerprint density at radius 2 is 1.78 bits per heavy atom. The van der Waals surface area contributed by atoms with Gasteiger partial charge in [-0.3, -0.25) is 0 Å². The summed E-state index contributed by atoms with van der Waals surface area (Å²) in [5, 5.41) is 13.0. The van der Waals surface area contributed by atoms with Gasteiger partial charge in [0.25, 0.3) is 0 Å². The summed E-state index contributed by atoms with van der Waals surface area (Å²) in [5.74, 6) is 0. The third-order valence-electron chi connectivity index (χ3n) is 3.92. The van der Waals surface area contributed by atoms with Gasteiger partial charge in [0.05, 0.1) is 6.07 Å². The second-order valence-corrected chi connectivity index (χ2v) is 6.82. The normalized spacial score (nSPS) is 21.0. The number of nitrogens with zero attached hydrogens (tertiary/aromatic N) is 1. The first-order valence-corrected chi connectivity index (χ1v) is 7.20. The minimum Gasteiger partial charge on any atom is -0.366 e. The van der Waals surface area contributed by atoms with Crippen molar-refractivity contribution in [1.82, 2.24) is 0 Å². The molecule has 0 spiro atoms. The average molecular weight is 307 g/mol. The van der Waals surface area contributed by atoms with Crippen LogP contribution in [0.4, 0.5) is 5.69 Å². The molecular weight excluding hydrogens is 288 g/mol. The molecule has 0 saturated heterocycles. The van der Waals surface area contributed by atoms with E-state index in [1.54, 1.807) is 0 Å². The van der Waals surface area contributed by atoms with Crippen molar-refractivity contribution in [3.05, 3.63) is 28.7 Å². The zero-order valence-corrected chi connectivity index (χ0v) is 12.5. The van der Waals surface area contributed by atoms with Crippen LogP contribution < -0.4 is 5.32 Å². The second kappa shape index (κ2) is 4.93. The quantitative estimate of drug-likeness (QED) is 0.858. The Balaban J connectivity index is 2.16. The molecule has 2 rings (SSSR count). The van der Waals surface area contributed by atoms with Gasteiger partial charge >= 0.3 is 0 Å². The smallest absolute Gasteiger partial charge is 0.125 e. The predicted molar refractivity (Wildman–Crippen MR) is 78.4 cm³/mol. The zero-order chi connectivity index (χ0) is 13.2. The molecule has 1 aliphatic rings. The summed E-state index contributed by atoms with van der Waals surface area (Å²) in [5.41, 5.74) is 0.980. The van der Waals surface area contributed by atoms with E-state index in [2.05, 4.69) is 41.2 Å². The number of benzene rings is 1. The maximum absolute atomic E-state index is 9.54. The first-order valence-electron chi connectivity index (χ1n) is 6.40. The molecule has 1 aromatic carbocycles. The number of para-hydroxylation sites is 1. The Kier molecular flexibility index (Phi) is 3.68. The van der Waals surface area contributed by atoms with Gasteiger partial charge in [0.2, 0.25) is 0 Å². The fourth-order valence-electron chi connectivity index (χ4n) is 2.44. The first-order chi connectivity index (χ1) is 8.46. The van der Waals surface area contributed by atoms with E-state index in [0.717, 1.165) is 35.8 Å². The van der Waals surface area contributed by atoms with Crippen LogP contribution in [0.25, 0.3) is 0 Å². The molecule has 0 amide bonds. The maximum atomic E-state index is 9.54. The molecule has 1 aromatic rings. The largest absolute Gasteiger partial charge is 0.366 e. The standard InChI is InChI=1S/C15H19BrN2/c1-14(2)7-9-15(11-17,10-8-14)18-13-6-4-3-5-12(13)16/h3-6,18H,7-10H2,1-2H3. The van der Waals surface area contributed by atoms with Crippen LogP contribution in [-0.4, -0.2) is 5.54 Å². The molecule has 1 saturated carbocycles. The van der Waals surface area contributed by atoms with Crippen LogP contribution in [0.5, 0.6) is 0 Å². The number of anilines is 1. The number of nitriles is 1. The SMILES string of the molecule is CC1(C)CCC(C#N)(Nc2ccccc2Br)CC1. The van der Waals surface area contributed by atoms with E-state index in [-0.39, 0.29) is 0 Å². The second-order valence-electron chi connectivity index (χ2n) is 5.96. The van der Waals surface area contributed by atoms with Gasteiger partial charge in [0.15, 0.2) is 0 Å². The van der Waals surface area contributed by atoms with Gasteiger partial charge in [0.1, 0.15) is 5.54 Å². The molecule has 0 bridgehead atoms. The minimum atomic E-state index is -0.403. The van der Waals surface area contributed by atoms with Crippen LogP contribution in [0.15, 0.2) is 28.7 Å². The maximum Gasteiger partial charge on any atom is 0.125 e. The predicted octanol–water partition coefficient (Wildman–Crippen LogP) is 4.72. The van der Waals surface area contributed by atoms with Crippen LogP contribution in [0.2, 0.25) is 0 Å². The number of rotatable bonds is 2. The highest BCUT2D eigenvalue weighted by Crippen LogP contribution is 2.42. The Labute approximate surface area is 118 Å². The van der Waals surface area contributed by atoms with Crippen LogP contribution in [0.1, 0.15) is 39.5 Å². The third-order valence-corrected chi connectivity index (χ3v) is 4.61. The molecule has 0 aromatic heterocycles. The lowest BCUT2D eigenvalue weighted by atomic mass is 9.70. The fourth-order valence-corrected chi connectivity index (χ4v) is 2.82. The average Bonchev–Trinajstić information content (AvgIpc) is 2.35. The lowest BCUT2D eigenvalue weighted by Crippen LogP contribution is -2.42. The molecule has 0 heterocycles. The molecule has 96 valence electrons. The van der Waals surface area contributed by atoms with Crippen LogP contribution >= 0.6 is 15.9 Å². The van der Waals surface area contributed by atoms with E-state index in [1.807, 2.05) is 24.3 Å². The topological polar surface area (TPSA) is 35.8 Å². The Morgan fingerprint density at radius 3 is 2.33 bits per heavy atom. The summed E-state index contributed by atoms with van der Waals surface area (Å²) >= 11 is 3.53. The highest BCUT2D eigenvalue weighted by molar-refractivity contribution is 9.10. The molecule has 0 aliphatic heterocycles. The molecule has 3 heteroatoms. The lowest BCUT2D eigenvalue weighted by Gasteiger charge is -2.40. The summed E-state index contributed by atoms with van der Waals surface area (Å²) in [6, 6.07) is 10.5. The number of hydrogen-bond donors (Lipinski definition) is 1. The van der Waals surface area contributed by atoms with Crippen molar-refractivity contribution in [1.29, 1.82) is 5.26 Å². The molecular formula is C15H19BrN2. The monoisotopic (exact) mass is 306 g/mol. The van der Waals surface area contributed by atoms with Crippen LogP contribution in [0.3, 0.4) is 0 Å². The van der Waals surface area contributed by atoms with Gasteiger partial charge < -0.3 is 5.32 Å². The van der Waals surface area contributed by atoms with Crippen molar-refractivity contribution in [3.63, 3.8) is 0 Å². The minimum absolute atomic E-state index is 0.371. The molecule has 1 aliphatic carbocycles. The van der Waals surface area contributed by atoms with E-state index >= 15 is 0 Å². The molecule has 0 unspecified atom stereocenters. The lowest BCUT2D eigenvalue weighted by molar-refractivity contribution is 0.206. The van der Waals surface area contributed by atoms with Gasteiger partial charge in [-0.15, -0.1) is 0 Å². The van der Waals surface area contributed by atoms with Crippen LogP contribution in [0, 0.1) is 16.7 Å². The number of nitrogens with one attached hydrogen (secondary N) is 1. The van der Waals surface area contributed by atoms with Gasteiger partial charge in [-0.2, -0.15) is 5.26 Å².